The van der Waals surface area contributed by atoms with Gasteiger partial charge in [-0.05, 0) is 37.6 Å². The monoisotopic (exact) mass is 235 g/mol. The molecule has 2 aromatic rings. The summed E-state index contributed by atoms with van der Waals surface area (Å²) in [5.41, 5.74) is 5.40. The van der Waals surface area contributed by atoms with E-state index < -0.39 is 0 Å². The van der Waals surface area contributed by atoms with E-state index in [1.807, 2.05) is 19.1 Å². The van der Waals surface area contributed by atoms with Crippen molar-refractivity contribution in [3.8, 4) is 11.3 Å². The van der Waals surface area contributed by atoms with Gasteiger partial charge in [0, 0.05) is 5.56 Å². The predicted molar refractivity (Wildman–Crippen MR) is 79.2 cm³/mol. The van der Waals surface area contributed by atoms with E-state index in [-0.39, 0.29) is 0 Å². The molecule has 90 valence electrons. The van der Waals surface area contributed by atoms with E-state index >= 15 is 0 Å². The first-order valence-electron chi connectivity index (χ1n) is 6.08. The average molecular weight is 235 g/mol. The van der Waals surface area contributed by atoms with Gasteiger partial charge in [-0.2, -0.15) is 0 Å². The third-order valence-electron chi connectivity index (χ3n) is 2.81. The van der Waals surface area contributed by atoms with E-state index in [2.05, 4.69) is 54.9 Å². The normalized spacial score (nSPS) is 10.8. The van der Waals surface area contributed by atoms with Crippen LogP contribution in [0.15, 0.2) is 49.1 Å². The van der Waals surface area contributed by atoms with E-state index in [1.165, 1.54) is 5.56 Å². The molecule has 1 aromatic carbocycles. The molecular weight excluding hydrogens is 218 g/mol. The van der Waals surface area contributed by atoms with Gasteiger partial charge in [0.25, 0.3) is 0 Å². The lowest BCUT2D eigenvalue weighted by molar-refractivity contribution is 1.28. The van der Waals surface area contributed by atoms with Crippen LogP contribution in [-0.4, -0.2) is 4.98 Å². The summed E-state index contributed by atoms with van der Waals surface area (Å²) in [6.07, 6.45) is 5.86. The molecule has 0 aliphatic heterocycles. The van der Waals surface area contributed by atoms with Gasteiger partial charge in [0.05, 0.1) is 11.4 Å². The maximum absolute atomic E-state index is 4.65. The summed E-state index contributed by atoms with van der Waals surface area (Å²) in [5, 5.41) is 0. The van der Waals surface area contributed by atoms with Gasteiger partial charge in [-0.15, -0.1) is 0 Å². The number of benzene rings is 1. The highest BCUT2D eigenvalue weighted by atomic mass is 14.7. The molecule has 0 aliphatic rings. The van der Waals surface area contributed by atoms with Crippen LogP contribution in [0.3, 0.4) is 0 Å². The van der Waals surface area contributed by atoms with Gasteiger partial charge in [0.1, 0.15) is 0 Å². The molecule has 0 fully saturated rings. The van der Waals surface area contributed by atoms with Gasteiger partial charge in [0.2, 0.25) is 0 Å². The van der Waals surface area contributed by atoms with Gasteiger partial charge in [0.15, 0.2) is 0 Å². The van der Waals surface area contributed by atoms with Gasteiger partial charge in [-0.1, -0.05) is 48.6 Å². The summed E-state index contributed by atoms with van der Waals surface area (Å²) >= 11 is 0. The highest BCUT2D eigenvalue weighted by molar-refractivity contribution is 5.67. The summed E-state index contributed by atoms with van der Waals surface area (Å²) in [7, 11) is 0. The molecule has 1 heterocycles. The lowest BCUT2D eigenvalue weighted by atomic mass is 10.1. The number of hydrogen-bond acceptors (Lipinski definition) is 1. The Kier molecular flexibility index (Phi) is 3.73. The zero-order valence-electron chi connectivity index (χ0n) is 10.9. The first-order valence-corrected chi connectivity index (χ1v) is 6.08. The number of allylic oxidation sites excluding steroid dienone is 1. The molecule has 0 amide bonds. The van der Waals surface area contributed by atoms with Gasteiger partial charge >= 0.3 is 0 Å². The van der Waals surface area contributed by atoms with E-state index in [1.54, 1.807) is 6.08 Å². The standard InChI is InChI=1S/C17H17N/c1-4-7-14-10-11-17(18-16(14)5-2)15-9-6-8-13(3)12-15/h4-12H,2H2,1,3H3/b7-4-. The van der Waals surface area contributed by atoms with Gasteiger partial charge < -0.3 is 0 Å². The molecule has 1 aromatic heterocycles. The van der Waals surface area contributed by atoms with Crippen LogP contribution < -0.4 is 0 Å². The fourth-order valence-electron chi connectivity index (χ4n) is 1.93. The molecule has 2 rings (SSSR count). The van der Waals surface area contributed by atoms with Crippen molar-refractivity contribution in [1.82, 2.24) is 4.98 Å². The molecule has 0 aliphatic carbocycles. The van der Waals surface area contributed by atoms with Crippen molar-refractivity contribution >= 4 is 12.2 Å². The second kappa shape index (κ2) is 5.46. The number of aromatic nitrogens is 1. The minimum absolute atomic E-state index is 0.923. The zero-order valence-corrected chi connectivity index (χ0v) is 10.9. The fourth-order valence-corrected chi connectivity index (χ4v) is 1.93. The van der Waals surface area contributed by atoms with Crippen LogP contribution in [0.25, 0.3) is 23.4 Å². The van der Waals surface area contributed by atoms with Crippen molar-refractivity contribution in [2.45, 2.75) is 13.8 Å². The van der Waals surface area contributed by atoms with E-state index in [9.17, 15) is 0 Å². The Morgan fingerprint density at radius 3 is 2.67 bits per heavy atom. The van der Waals surface area contributed by atoms with Crippen LogP contribution in [-0.2, 0) is 0 Å². The third-order valence-corrected chi connectivity index (χ3v) is 2.81. The van der Waals surface area contributed by atoms with Crippen molar-refractivity contribution in [1.29, 1.82) is 0 Å². The number of hydrogen-bond donors (Lipinski definition) is 0. The smallest absolute Gasteiger partial charge is 0.0709 e. The first kappa shape index (κ1) is 12.3. The third kappa shape index (κ3) is 2.57. The van der Waals surface area contributed by atoms with Crippen molar-refractivity contribution in [3.05, 3.63) is 65.9 Å². The Balaban J connectivity index is 2.50. The lowest BCUT2D eigenvalue weighted by Crippen LogP contribution is -1.90. The van der Waals surface area contributed by atoms with Crippen molar-refractivity contribution in [2.24, 2.45) is 0 Å². The number of rotatable bonds is 3. The van der Waals surface area contributed by atoms with Crippen LogP contribution in [0.5, 0.6) is 0 Å². The SMILES string of the molecule is C=Cc1nc(-c2cccc(C)c2)ccc1/C=C\C. The summed E-state index contributed by atoms with van der Waals surface area (Å²) in [6, 6.07) is 12.5. The van der Waals surface area contributed by atoms with Crippen molar-refractivity contribution in [2.75, 3.05) is 0 Å². The summed E-state index contributed by atoms with van der Waals surface area (Å²) in [6.45, 7) is 7.92. The van der Waals surface area contributed by atoms with Crippen LogP contribution in [0, 0.1) is 6.92 Å². The van der Waals surface area contributed by atoms with E-state index in [0.717, 1.165) is 22.5 Å². The second-order valence-corrected chi connectivity index (χ2v) is 4.24. The van der Waals surface area contributed by atoms with Crippen LogP contribution >= 0.6 is 0 Å². The minimum Gasteiger partial charge on any atom is -0.248 e. The summed E-state index contributed by atoms with van der Waals surface area (Å²) in [4.78, 5) is 4.65. The largest absolute Gasteiger partial charge is 0.248 e. The second-order valence-electron chi connectivity index (χ2n) is 4.24. The quantitative estimate of drug-likeness (QED) is 0.749. The van der Waals surface area contributed by atoms with Crippen LogP contribution in [0.1, 0.15) is 23.7 Å². The topological polar surface area (TPSA) is 12.9 Å². The Hall–Kier alpha value is -2.15. The minimum atomic E-state index is 0.923. The number of aryl methyl sites for hydroxylation is 1. The molecular formula is C17H17N. The average Bonchev–Trinajstić information content (AvgIpc) is 2.39. The molecule has 0 saturated carbocycles. The van der Waals surface area contributed by atoms with Crippen molar-refractivity contribution in [3.63, 3.8) is 0 Å². The van der Waals surface area contributed by atoms with Crippen molar-refractivity contribution < 1.29 is 0 Å². The molecule has 1 heteroatoms. The fraction of sp³-hybridized carbons (Fsp3) is 0.118. The highest BCUT2D eigenvalue weighted by Gasteiger charge is 2.03. The molecule has 0 N–H and O–H groups in total. The molecule has 18 heavy (non-hydrogen) atoms. The van der Waals surface area contributed by atoms with Crippen LogP contribution in [0.2, 0.25) is 0 Å². The molecule has 1 nitrogen and oxygen atoms in total. The Morgan fingerprint density at radius 1 is 1.17 bits per heavy atom. The van der Waals surface area contributed by atoms with E-state index in [4.69, 9.17) is 0 Å². The predicted octanol–water partition coefficient (Wildman–Crippen LogP) is 4.73. The maximum Gasteiger partial charge on any atom is 0.0709 e. The van der Waals surface area contributed by atoms with Gasteiger partial charge in [-0.3, -0.25) is 0 Å². The van der Waals surface area contributed by atoms with Crippen LogP contribution in [0.4, 0.5) is 0 Å². The maximum atomic E-state index is 4.65. The number of nitrogens with zero attached hydrogens (tertiary/aromatic N) is 1. The summed E-state index contributed by atoms with van der Waals surface area (Å²) in [5.74, 6) is 0. The molecule has 0 atom stereocenters. The zero-order chi connectivity index (χ0) is 13.0. The molecule has 0 unspecified atom stereocenters. The first-order chi connectivity index (χ1) is 8.74. The summed E-state index contributed by atoms with van der Waals surface area (Å²) < 4.78 is 0. The van der Waals surface area contributed by atoms with Gasteiger partial charge in [-0.25, -0.2) is 4.98 Å². The lowest BCUT2D eigenvalue weighted by Gasteiger charge is -2.06. The molecule has 0 radical (unpaired) electrons. The molecule has 0 bridgehead atoms. The number of pyridine rings is 1. The van der Waals surface area contributed by atoms with E-state index in [0.29, 0.717) is 0 Å². The molecule has 0 saturated heterocycles. The Bertz CT molecular complexity index is 594. The highest BCUT2D eigenvalue weighted by Crippen LogP contribution is 2.21. The molecule has 0 spiro atoms. The Labute approximate surface area is 109 Å². The Morgan fingerprint density at radius 2 is 2.00 bits per heavy atom.